The first-order valence-electron chi connectivity index (χ1n) is 7.23. The third-order valence-electron chi connectivity index (χ3n) is 3.56. The van der Waals surface area contributed by atoms with Gasteiger partial charge in [-0.05, 0) is 29.8 Å². The number of hydrogen-bond acceptors (Lipinski definition) is 3. The summed E-state index contributed by atoms with van der Waals surface area (Å²) >= 11 is 7.89. The fraction of sp³-hybridized carbons (Fsp3) is 0.294. The molecule has 1 aliphatic heterocycles. The Kier molecular flexibility index (Phi) is 5.37. The molecule has 0 spiro atoms. The number of thioether (sulfide) groups is 1. The van der Waals surface area contributed by atoms with Crippen molar-refractivity contribution in [3.8, 4) is 0 Å². The summed E-state index contributed by atoms with van der Waals surface area (Å²) < 4.78 is 19.5. The van der Waals surface area contributed by atoms with E-state index in [-0.39, 0.29) is 17.2 Å². The first kappa shape index (κ1) is 15.8. The summed E-state index contributed by atoms with van der Waals surface area (Å²) in [5.41, 5.74) is 0.915. The van der Waals surface area contributed by atoms with Gasteiger partial charge in [-0.2, -0.15) is 0 Å². The summed E-state index contributed by atoms with van der Waals surface area (Å²) in [6, 6.07) is 14.4. The van der Waals surface area contributed by atoms with Crippen LogP contribution in [0.4, 0.5) is 4.39 Å². The lowest BCUT2D eigenvalue weighted by Crippen LogP contribution is -2.41. The van der Waals surface area contributed by atoms with Crippen molar-refractivity contribution in [1.29, 1.82) is 0 Å². The minimum absolute atomic E-state index is 0.0107. The Morgan fingerprint density at radius 2 is 2.09 bits per heavy atom. The van der Waals surface area contributed by atoms with Gasteiger partial charge in [0.05, 0.1) is 23.0 Å². The smallest absolute Gasteiger partial charge is 0.123 e. The molecule has 3 rings (SSSR count). The second kappa shape index (κ2) is 7.47. The van der Waals surface area contributed by atoms with Gasteiger partial charge in [-0.3, -0.25) is 0 Å². The second-order valence-electron chi connectivity index (χ2n) is 5.14. The zero-order chi connectivity index (χ0) is 15.4. The highest BCUT2D eigenvalue weighted by molar-refractivity contribution is 7.99. The Bertz CT molecular complexity index is 634. The van der Waals surface area contributed by atoms with Crippen molar-refractivity contribution >= 4 is 23.4 Å². The molecule has 0 aliphatic carbocycles. The van der Waals surface area contributed by atoms with Crippen LogP contribution in [0.5, 0.6) is 0 Å². The van der Waals surface area contributed by atoms with Crippen molar-refractivity contribution in [3.05, 3.63) is 64.9 Å². The fourth-order valence-corrected chi connectivity index (χ4v) is 3.99. The quantitative estimate of drug-likeness (QED) is 0.840. The molecule has 0 radical (unpaired) electrons. The van der Waals surface area contributed by atoms with Crippen LogP contribution in [0.2, 0.25) is 5.02 Å². The van der Waals surface area contributed by atoms with Crippen LogP contribution in [0.25, 0.3) is 0 Å². The monoisotopic (exact) mass is 337 g/mol. The van der Waals surface area contributed by atoms with E-state index in [2.05, 4.69) is 5.32 Å². The molecular formula is C17H17ClFNOS. The van der Waals surface area contributed by atoms with E-state index in [1.54, 1.807) is 23.9 Å². The lowest BCUT2D eigenvalue weighted by molar-refractivity contribution is 0.0273. The summed E-state index contributed by atoms with van der Waals surface area (Å²) in [5.74, 6) is -0.231. The zero-order valence-corrected chi connectivity index (χ0v) is 13.5. The van der Waals surface area contributed by atoms with Crippen molar-refractivity contribution < 1.29 is 9.13 Å². The molecule has 0 aromatic heterocycles. The largest absolute Gasteiger partial charge is 0.374 e. The maximum Gasteiger partial charge on any atom is 0.123 e. The van der Waals surface area contributed by atoms with Crippen LogP contribution in [-0.4, -0.2) is 25.8 Å². The van der Waals surface area contributed by atoms with Gasteiger partial charge in [0.2, 0.25) is 0 Å². The molecule has 2 aromatic carbocycles. The molecule has 1 unspecified atom stereocenters. The van der Waals surface area contributed by atoms with Crippen LogP contribution in [0.15, 0.2) is 53.4 Å². The molecule has 0 amide bonds. The molecule has 2 nitrogen and oxygen atoms in total. The van der Waals surface area contributed by atoms with E-state index in [9.17, 15) is 4.39 Å². The summed E-state index contributed by atoms with van der Waals surface area (Å²) in [7, 11) is 0. The van der Waals surface area contributed by atoms with Gasteiger partial charge in [0, 0.05) is 18.0 Å². The Labute approximate surface area is 139 Å². The molecule has 0 bridgehead atoms. The zero-order valence-electron chi connectivity index (χ0n) is 12.0. The second-order valence-corrected chi connectivity index (χ2v) is 6.73. The summed E-state index contributed by atoms with van der Waals surface area (Å²) in [6.45, 7) is 2.27. The van der Waals surface area contributed by atoms with Crippen molar-refractivity contribution in [2.45, 2.75) is 16.2 Å². The maximum absolute atomic E-state index is 13.6. The van der Waals surface area contributed by atoms with Crippen LogP contribution in [0.1, 0.15) is 10.8 Å². The molecule has 1 heterocycles. The Balaban J connectivity index is 1.90. The first-order chi connectivity index (χ1) is 10.7. The first-order valence-corrected chi connectivity index (χ1v) is 8.49. The van der Waals surface area contributed by atoms with E-state index in [4.69, 9.17) is 16.3 Å². The van der Waals surface area contributed by atoms with Gasteiger partial charge in [-0.1, -0.05) is 35.9 Å². The lowest BCUT2D eigenvalue weighted by Gasteiger charge is -2.31. The van der Waals surface area contributed by atoms with Crippen molar-refractivity contribution in [2.75, 3.05) is 19.7 Å². The van der Waals surface area contributed by atoms with E-state index in [0.29, 0.717) is 11.6 Å². The molecule has 2 aromatic rings. The van der Waals surface area contributed by atoms with E-state index >= 15 is 0 Å². The summed E-state index contributed by atoms with van der Waals surface area (Å²) in [4.78, 5) is 0.979. The van der Waals surface area contributed by atoms with Gasteiger partial charge in [0.25, 0.3) is 0 Å². The van der Waals surface area contributed by atoms with E-state index in [0.717, 1.165) is 23.5 Å². The Hall–Kier alpha value is -1.07. The van der Waals surface area contributed by atoms with Gasteiger partial charge in [-0.25, -0.2) is 4.39 Å². The van der Waals surface area contributed by atoms with E-state index in [1.165, 1.54) is 6.07 Å². The average Bonchev–Trinajstić information content (AvgIpc) is 2.55. The molecule has 116 valence electrons. The number of morpholine rings is 1. The highest BCUT2D eigenvalue weighted by Crippen LogP contribution is 2.42. The molecule has 1 saturated heterocycles. The van der Waals surface area contributed by atoms with Crippen LogP contribution >= 0.6 is 23.4 Å². The Morgan fingerprint density at radius 1 is 1.23 bits per heavy atom. The predicted molar refractivity (Wildman–Crippen MR) is 89.1 cm³/mol. The van der Waals surface area contributed by atoms with Crippen LogP contribution < -0.4 is 5.32 Å². The number of benzene rings is 2. The molecule has 1 aliphatic rings. The molecule has 0 saturated carbocycles. The normalized spacial score (nSPS) is 19.8. The summed E-state index contributed by atoms with van der Waals surface area (Å²) in [5, 5.41) is 4.03. The molecule has 2 atom stereocenters. The third-order valence-corrected chi connectivity index (χ3v) is 5.44. The van der Waals surface area contributed by atoms with Gasteiger partial charge in [0.1, 0.15) is 5.82 Å². The number of halogens is 2. The SMILES string of the molecule is Fc1cccc(C(Sc2ccccc2Cl)[C@H]2CNCCO2)c1. The minimum atomic E-state index is -0.231. The standard InChI is InChI=1S/C17H17ClFNOS/c18-14-6-1-2-7-16(14)22-17(15-11-20-8-9-21-15)12-4-3-5-13(19)10-12/h1-7,10,15,17,20H,8-9,11H2/t15-,17?/m1/s1. The summed E-state index contributed by atoms with van der Waals surface area (Å²) in [6.07, 6.45) is -0.0168. The van der Waals surface area contributed by atoms with E-state index < -0.39 is 0 Å². The average molecular weight is 338 g/mol. The topological polar surface area (TPSA) is 21.3 Å². The number of hydrogen-bond donors (Lipinski definition) is 1. The highest BCUT2D eigenvalue weighted by Gasteiger charge is 2.27. The highest BCUT2D eigenvalue weighted by atomic mass is 35.5. The van der Waals surface area contributed by atoms with Crippen LogP contribution in [0, 0.1) is 5.82 Å². The maximum atomic E-state index is 13.6. The van der Waals surface area contributed by atoms with Crippen molar-refractivity contribution in [3.63, 3.8) is 0 Å². The number of nitrogens with one attached hydrogen (secondary N) is 1. The van der Waals surface area contributed by atoms with Gasteiger partial charge in [0.15, 0.2) is 0 Å². The molecular weight excluding hydrogens is 321 g/mol. The molecule has 1 fully saturated rings. The molecule has 22 heavy (non-hydrogen) atoms. The molecule has 1 N–H and O–H groups in total. The van der Waals surface area contributed by atoms with Crippen LogP contribution in [-0.2, 0) is 4.74 Å². The lowest BCUT2D eigenvalue weighted by atomic mass is 10.1. The third kappa shape index (κ3) is 3.82. The van der Waals surface area contributed by atoms with Gasteiger partial charge < -0.3 is 10.1 Å². The van der Waals surface area contributed by atoms with Crippen molar-refractivity contribution in [2.24, 2.45) is 0 Å². The predicted octanol–water partition coefficient (Wildman–Crippen LogP) is 4.30. The van der Waals surface area contributed by atoms with Crippen LogP contribution in [0.3, 0.4) is 0 Å². The molecule has 5 heteroatoms. The Morgan fingerprint density at radius 3 is 2.82 bits per heavy atom. The van der Waals surface area contributed by atoms with E-state index in [1.807, 2.05) is 30.3 Å². The number of rotatable bonds is 4. The fourth-order valence-electron chi connectivity index (χ4n) is 2.50. The van der Waals surface area contributed by atoms with Gasteiger partial charge in [-0.15, -0.1) is 11.8 Å². The van der Waals surface area contributed by atoms with Gasteiger partial charge >= 0.3 is 0 Å². The minimum Gasteiger partial charge on any atom is -0.374 e. The number of ether oxygens (including phenoxy) is 1. The van der Waals surface area contributed by atoms with Crippen molar-refractivity contribution in [1.82, 2.24) is 5.32 Å².